The summed E-state index contributed by atoms with van der Waals surface area (Å²) in [5, 5.41) is 3.84. The van der Waals surface area contributed by atoms with Crippen LogP contribution < -0.4 is 0 Å². The lowest BCUT2D eigenvalue weighted by Crippen LogP contribution is -2.41. The highest BCUT2D eigenvalue weighted by atomic mass is 32.2. The van der Waals surface area contributed by atoms with E-state index in [1.807, 2.05) is 31.2 Å². The highest BCUT2D eigenvalue weighted by Gasteiger charge is 2.40. The third kappa shape index (κ3) is 2.96. The predicted molar refractivity (Wildman–Crippen MR) is 101 cm³/mol. The summed E-state index contributed by atoms with van der Waals surface area (Å²) in [7, 11) is -3.78. The summed E-state index contributed by atoms with van der Waals surface area (Å²) in [6.07, 6.45) is 4.08. The van der Waals surface area contributed by atoms with Crippen LogP contribution >= 0.6 is 0 Å². The zero-order valence-corrected chi connectivity index (χ0v) is 16.3. The molecule has 0 bridgehead atoms. The highest BCUT2D eigenvalue weighted by molar-refractivity contribution is 7.89. The van der Waals surface area contributed by atoms with Gasteiger partial charge in [-0.3, -0.25) is 4.98 Å². The number of aryl methyl sites for hydroxylation is 3. The molecule has 0 aliphatic carbocycles. The first-order chi connectivity index (χ1) is 12.9. The first-order valence-electron chi connectivity index (χ1n) is 8.83. The van der Waals surface area contributed by atoms with Gasteiger partial charge in [-0.05, 0) is 49.9 Å². The molecule has 6 nitrogen and oxygen atoms in total. The molecule has 1 aliphatic rings. The van der Waals surface area contributed by atoms with E-state index in [1.165, 1.54) is 11.1 Å². The predicted octanol–water partition coefficient (Wildman–Crippen LogP) is 3.33. The Bertz CT molecular complexity index is 1070. The molecule has 140 valence electrons. The van der Waals surface area contributed by atoms with E-state index in [0.717, 1.165) is 11.1 Å². The zero-order valence-electron chi connectivity index (χ0n) is 15.5. The molecule has 0 saturated carbocycles. The van der Waals surface area contributed by atoms with Gasteiger partial charge in [0, 0.05) is 18.9 Å². The molecule has 1 aromatic carbocycles. The van der Waals surface area contributed by atoms with Crippen LogP contribution in [0.25, 0.3) is 0 Å². The molecule has 3 heterocycles. The maximum atomic E-state index is 13.6. The van der Waals surface area contributed by atoms with Gasteiger partial charge < -0.3 is 4.52 Å². The number of hydrogen-bond donors (Lipinski definition) is 0. The number of nitrogens with zero attached hydrogens (tertiary/aromatic N) is 3. The van der Waals surface area contributed by atoms with Gasteiger partial charge >= 0.3 is 0 Å². The van der Waals surface area contributed by atoms with Crippen molar-refractivity contribution in [1.29, 1.82) is 0 Å². The van der Waals surface area contributed by atoms with Crippen molar-refractivity contribution in [2.45, 2.75) is 38.1 Å². The van der Waals surface area contributed by atoms with Crippen LogP contribution in [0, 0.1) is 20.8 Å². The maximum absolute atomic E-state index is 13.6. The molecule has 0 radical (unpaired) electrons. The molecule has 1 atom stereocenters. The molecule has 0 spiro atoms. The van der Waals surface area contributed by atoms with E-state index < -0.39 is 16.1 Å². The van der Waals surface area contributed by atoms with Crippen LogP contribution in [0.4, 0.5) is 0 Å². The molecule has 2 aromatic heterocycles. The summed E-state index contributed by atoms with van der Waals surface area (Å²) < 4.78 is 33.8. The lowest BCUT2D eigenvalue weighted by Gasteiger charge is -2.36. The van der Waals surface area contributed by atoms with Crippen molar-refractivity contribution in [1.82, 2.24) is 14.4 Å². The molecule has 1 unspecified atom stereocenters. The van der Waals surface area contributed by atoms with Crippen LogP contribution in [-0.4, -0.2) is 29.4 Å². The molecule has 3 aromatic rings. The summed E-state index contributed by atoms with van der Waals surface area (Å²) in [4.78, 5) is 4.37. The number of fused-ring (bicyclic) bond motifs is 1. The lowest BCUT2D eigenvalue weighted by molar-refractivity contribution is 0.342. The Hall–Kier alpha value is -2.51. The van der Waals surface area contributed by atoms with Crippen LogP contribution in [0.15, 0.2) is 52.1 Å². The number of pyridine rings is 1. The Labute approximate surface area is 158 Å². The molecule has 0 fully saturated rings. The van der Waals surface area contributed by atoms with Gasteiger partial charge in [0.25, 0.3) is 0 Å². The first-order valence-corrected chi connectivity index (χ1v) is 10.3. The van der Waals surface area contributed by atoms with Gasteiger partial charge in [0.2, 0.25) is 10.0 Å². The second-order valence-corrected chi connectivity index (χ2v) is 8.74. The highest BCUT2D eigenvalue weighted by Crippen LogP contribution is 2.39. The molecule has 0 N–H and O–H groups in total. The van der Waals surface area contributed by atoms with E-state index in [1.54, 1.807) is 30.5 Å². The molecule has 0 saturated heterocycles. The fourth-order valence-electron chi connectivity index (χ4n) is 3.84. The fourth-order valence-corrected chi connectivity index (χ4v) is 5.73. The number of aromatic nitrogens is 2. The van der Waals surface area contributed by atoms with E-state index in [0.29, 0.717) is 24.4 Å². The number of hydrogen-bond acceptors (Lipinski definition) is 5. The minimum absolute atomic E-state index is 0.159. The van der Waals surface area contributed by atoms with E-state index in [2.05, 4.69) is 16.2 Å². The van der Waals surface area contributed by atoms with Gasteiger partial charge in [-0.15, -0.1) is 0 Å². The average molecular weight is 383 g/mol. The van der Waals surface area contributed by atoms with E-state index in [4.69, 9.17) is 4.52 Å². The smallest absolute Gasteiger partial charge is 0.249 e. The standard InChI is InChI=1S/C20H21N3O3S/c1-13-6-7-18-16(11-13)8-10-23(19(18)17-5-4-9-21-12-17)27(24,25)20-14(2)22-26-15(20)3/h4-7,9,11-12,19H,8,10H2,1-3H3. The van der Waals surface area contributed by atoms with Crippen molar-refractivity contribution in [3.63, 3.8) is 0 Å². The van der Waals surface area contributed by atoms with Crippen molar-refractivity contribution in [3.05, 3.63) is 76.4 Å². The summed E-state index contributed by atoms with van der Waals surface area (Å²) in [5.74, 6) is 0.312. The Morgan fingerprint density at radius 3 is 2.67 bits per heavy atom. The molecular weight excluding hydrogens is 362 g/mol. The molecule has 7 heteroatoms. The molecular formula is C20H21N3O3S. The van der Waals surface area contributed by atoms with Crippen molar-refractivity contribution in [2.24, 2.45) is 0 Å². The van der Waals surface area contributed by atoms with Crippen molar-refractivity contribution >= 4 is 10.0 Å². The van der Waals surface area contributed by atoms with Crippen LogP contribution in [0.1, 0.15) is 39.7 Å². The quantitative estimate of drug-likeness (QED) is 0.693. The van der Waals surface area contributed by atoms with Gasteiger partial charge in [0.1, 0.15) is 10.6 Å². The summed E-state index contributed by atoms with van der Waals surface area (Å²) >= 11 is 0. The summed E-state index contributed by atoms with van der Waals surface area (Å²) in [6, 6.07) is 9.51. The molecule has 1 aliphatic heterocycles. The zero-order chi connectivity index (χ0) is 19.2. The van der Waals surface area contributed by atoms with E-state index in [9.17, 15) is 8.42 Å². The normalized spacial score (nSPS) is 17.7. The first kappa shape index (κ1) is 17.9. The molecule has 4 rings (SSSR count). The Morgan fingerprint density at radius 1 is 1.19 bits per heavy atom. The Balaban J connectivity index is 1.91. The fraction of sp³-hybridized carbons (Fsp3) is 0.300. The van der Waals surface area contributed by atoms with Gasteiger partial charge in [0.15, 0.2) is 5.76 Å². The van der Waals surface area contributed by atoms with Crippen molar-refractivity contribution < 1.29 is 12.9 Å². The Kier molecular flexibility index (Phi) is 4.36. The largest absolute Gasteiger partial charge is 0.360 e. The van der Waals surface area contributed by atoms with Gasteiger partial charge in [-0.25, -0.2) is 8.42 Å². The van der Waals surface area contributed by atoms with Crippen molar-refractivity contribution in [3.8, 4) is 0 Å². The minimum atomic E-state index is -3.78. The van der Waals surface area contributed by atoms with E-state index in [-0.39, 0.29) is 4.90 Å². The third-order valence-corrected chi connectivity index (χ3v) is 7.13. The van der Waals surface area contributed by atoms with Crippen molar-refractivity contribution in [2.75, 3.05) is 6.54 Å². The van der Waals surface area contributed by atoms with Gasteiger partial charge in [-0.1, -0.05) is 35.0 Å². The SMILES string of the molecule is Cc1ccc2c(c1)CCN(S(=O)(=O)c1c(C)noc1C)C2c1cccnc1. The van der Waals surface area contributed by atoms with Gasteiger partial charge in [0.05, 0.1) is 6.04 Å². The third-order valence-electron chi connectivity index (χ3n) is 5.02. The number of rotatable bonds is 3. The summed E-state index contributed by atoms with van der Waals surface area (Å²) in [6.45, 7) is 5.73. The molecule has 0 amide bonds. The summed E-state index contributed by atoms with van der Waals surface area (Å²) in [5.41, 5.74) is 4.56. The topological polar surface area (TPSA) is 76.3 Å². The van der Waals surface area contributed by atoms with Gasteiger partial charge in [-0.2, -0.15) is 4.31 Å². The second kappa shape index (κ2) is 6.58. The van der Waals surface area contributed by atoms with Crippen LogP contribution in [0.3, 0.4) is 0 Å². The monoisotopic (exact) mass is 383 g/mol. The molecule has 27 heavy (non-hydrogen) atoms. The second-order valence-electron chi connectivity index (χ2n) is 6.91. The average Bonchev–Trinajstić information content (AvgIpc) is 3.00. The maximum Gasteiger partial charge on any atom is 0.249 e. The Morgan fingerprint density at radius 2 is 2.00 bits per heavy atom. The van der Waals surface area contributed by atoms with E-state index >= 15 is 0 Å². The van der Waals surface area contributed by atoms with Crippen LogP contribution in [-0.2, 0) is 16.4 Å². The number of benzene rings is 1. The number of sulfonamides is 1. The van der Waals surface area contributed by atoms with Crippen LogP contribution in [0.5, 0.6) is 0 Å². The van der Waals surface area contributed by atoms with Crippen LogP contribution in [0.2, 0.25) is 0 Å². The minimum Gasteiger partial charge on any atom is -0.360 e. The lowest BCUT2D eigenvalue weighted by atomic mass is 9.89.